The first-order valence-corrected chi connectivity index (χ1v) is 5.24. The maximum absolute atomic E-state index is 12.3. The Kier molecular flexibility index (Phi) is 4.48. The van der Waals surface area contributed by atoms with Crippen LogP contribution in [0.1, 0.15) is 23.0 Å². The van der Waals surface area contributed by atoms with Gasteiger partial charge in [-0.2, -0.15) is 0 Å². The molecule has 0 saturated carbocycles. The number of nitro groups is 1. The van der Waals surface area contributed by atoms with Crippen LogP contribution >= 0.6 is 0 Å². The van der Waals surface area contributed by atoms with Gasteiger partial charge in [0.1, 0.15) is 11.3 Å². The molecule has 7 nitrogen and oxygen atoms in total. The summed E-state index contributed by atoms with van der Waals surface area (Å²) in [5, 5.41) is 10.8. The second kappa shape index (κ2) is 5.72. The molecule has 0 fully saturated rings. The number of hydrogen-bond acceptors (Lipinski definition) is 6. The van der Waals surface area contributed by atoms with Crippen molar-refractivity contribution >= 4 is 11.7 Å². The van der Waals surface area contributed by atoms with Gasteiger partial charge in [-0.25, -0.2) is 4.79 Å². The summed E-state index contributed by atoms with van der Waals surface area (Å²) in [5.41, 5.74) is -2.11. The highest BCUT2D eigenvalue weighted by molar-refractivity contribution is 5.93. The lowest BCUT2D eigenvalue weighted by molar-refractivity contribution is -0.389. The number of nitrogens with zero attached hydrogens (tertiary/aromatic N) is 2. The highest BCUT2D eigenvalue weighted by Crippen LogP contribution is 2.37. The van der Waals surface area contributed by atoms with Crippen molar-refractivity contribution in [1.82, 2.24) is 4.98 Å². The zero-order valence-electron chi connectivity index (χ0n) is 10.4. The largest absolute Gasteiger partial charge is 0.573 e. The number of ether oxygens (including phenoxy) is 2. The van der Waals surface area contributed by atoms with Gasteiger partial charge in [-0.1, -0.05) is 0 Å². The normalized spacial score (nSPS) is 11.1. The molecule has 0 bridgehead atoms. The second-order valence-corrected chi connectivity index (χ2v) is 3.46. The Morgan fingerprint density at radius 2 is 2.10 bits per heavy atom. The summed E-state index contributed by atoms with van der Waals surface area (Å²) < 4.78 is 45.1. The summed E-state index contributed by atoms with van der Waals surface area (Å²) in [7, 11) is 0. The Labute approximate surface area is 110 Å². The lowest BCUT2D eigenvalue weighted by atomic mass is 10.2. The summed E-state index contributed by atoms with van der Waals surface area (Å²) >= 11 is 0. The van der Waals surface area contributed by atoms with Crippen LogP contribution in [0.15, 0.2) is 6.20 Å². The van der Waals surface area contributed by atoms with Crippen LogP contribution in [0.4, 0.5) is 18.9 Å². The SMILES string of the molecule is CCOC(=O)c1cnc(C)c([N+](=O)[O-])c1OC(F)(F)F. The maximum Gasteiger partial charge on any atom is 0.573 e. The molecule has 0 amide bonds. The number of aryl methyl sites for hydroxylation is 1. The molecule has 1 heterocycles. The van der Waals surface area contributed by atoms with E-state index >= 15 is 0 Å². The average molecular weight is 294 g/mol. The van der Waals surface area contributed by atoms with Gasteiger partial charge in [0.2, 0.25) is 5.75 Å². The van der Waals surface area contributed by atoms with E-state index < -0.39 is 34.3 Å². The van der Waals surface area contributed by atoms with E-state index in [1.54, 1.807) is 0 Å². The van der Waals surface area contributed by atoms with E-state index in [0.717, 1.165) is 13.1 Å². The molecule has 0 radical (unpaired) electrons. The van der Waals surface area contributed by atoms with Crippen molar-refractivity contribution in [2.75, 3.05) is 6.61 Å². The monoisotopic (exact) mass is 294 g/mol. The molecule has 110 valence electrons. The number of carbonyl (C=O) groups is 1. The molecule has 20 heavy (non-hydrogen) atoms. The van der Waals surface area contributed by atoms with Gasteiger partial charge < -0.3 is 9.47 Å². The number of pyridine rings is 1. The molecule has 1 rings (SSSR count). The molecule has 0 spiro atoms. The smallest absolute Gasteiger partial charge is 0.462 e. The van der Waals surface area contributed by atoms with E-state index in [1.165, 1.54) is 6.92 Å². The van der Waals surface area contributed by atoms with Crippen LogP contribution in [-0.4, -0.2) is 28.8 Å². The number of halogens is 3. The second-order valence-electron chi connectivity index (χ2n) is 3.46. The Bertz CT molecular complexity index is 544. The molecular formula is C10H9F3N2O5. The summed E-state index contributed by atoms with van der Waals surface area (Å²) in [5.74, 6) is -2.42. The third kappa shape index (κ3) is 3.56. The molecule has 0 aromatic carbocycles. The lowest BCUT2D eigenvalue weighted by Crippen LogP contribution is -2.21. The summed E-state index contributed by atoms with van der Waals surface area (Å²) in [6, 6.07) is 0. The fraction of sp³-hybridized carbons (Fsp3) is 0.400. The number of aromatic nitrogens is 1. The van der Waals surface area contributed by atoms with Gasteiger partial charge in [-0.3, -0.25) is 15.1 Å². The molecule has 0 atom stereocenters. The Morgan fingerprint density at radius 3 is 2.55 bits per heavy atom. The number of carbonyl (C=O) groups excluding carboxylic acids is 1. The molecule has 10 heteroatoms. The first-order valence-electron chi connectivity index (χ1n) is 5.24. The molecule has 1 aromatic rings. The van der Waals surface area contributed by atoms with Gasteiger partial charge in [0.25, 0.3) is 0 Å². The van der Waals surface area contributed by atoms with Gasteiger partial charge in [0, 0.05) is 6.20 Å². The van der Waals surface area contributed by atoms with Crippen LogP contribution < -0.4 is 4.74 Å². The van der Waals surface area contributed by atoms with Crippen LogP contribution in [0.5, 0.6) is 5.75 Å². The topological polar surface area (TPSA) is 91.6 Å². The standard InChI is InChI=1S/C10H9F3N2O5/c1-3-19-9(16)6-4-14-5(2)7(15(17)18)8(6)20-10(11,12)13/h4H,3H2,1-2H3. The Balaban J connectivity index is 3.48. The van der Waals surface area contributed by atoms with Crippen molar-refractivity contribution in [2.45, 2.75) is 20.2 Å². The van der Waals surface area contributed by atoms with E-state index in [0.29, 0.717) is 0 Å². The minimum absolute atomic E-state index is 0.119. The highest BCUT2D eigenvalue weighted by Gasteiger charge is 2.38. The number of alkyl halides is 3. The van der Waals surface area contributed by atoms with Crippen molar-refractivity contribution in [2.24, 2.45) is 0 Å². The van der Waals surface area contributed by atoms with Gasteiger partial charge in [-0.05, 0) is 13.8 Å². The molecular weight excluding hydrogens is 285 g/mol. The Hall–Kier alpha value is -2.39. The van der Waals surface area contributed by atoms with Crippen molar-refractivity contribution in [3.8, 4) is 5.75 Å². The number of rotatable bonds is 4. The predicted molar refractivity (Wildman–Crippen MR) is 58.3 cm³/mol. The third-order valence-electron chi connectivity index (χ3n) is 2.09. The molecule has 1 aromatic heterocycles. The fourth-order valence-corrected chi connectivity index (χ4v) is 1.36. The first kappa shape index (κ1) is 15.7. The minimum Gasteiger partial charge on any atom is -0.462 e. The zero-order chi connectivity index (χ0) is 15.5. The quantitative estimate of drug-likeness (QED) is 0.481. The van der Waals surface area contributed by atoms with Gasteiger partial charge in [0.15, 0.2) is 0 Å². The lowest BCUT2D eigenvalue weighted by Gasteiger charge is -2.13. The summed E-state index contributed by atoms with van der Waals surface area (Å²) in [4.78, 5) is 24.7. The van der Waals surface area contributed by atoms with Crippen molar-refractivity contribution in [3.63, 3.8) is 0 Å². The Morgan fingerprint density at radius 1 is 1.50 bits per heavy atom. The predicted octanol–water partition coefficient (Wildman–Crippen LogP) is 2.37. The van der Waals surface area contributed by atoms with Crippen molar-refractivity contribution in [1.29, 1.82) is 0 Å². The average Bonchev–Trinajstić information content (AvgIpc) is 2.26. The van der Waals surface area contributed by atoms with Crippen molar-refractivity contribution in [3.05, 3.63) is 27.6 Å². The van der Waals surface area contributed by atoms with Gasteiger partial charge >= 0.3 is 18.0 Å². The van der Waals surface area contributed by atoms with E-state index in [9.17, 15) is 28.1 Å². The zero-order valence-corrected chi connectivity index (χ0v) is 10.4. The van der Waals surface area contributed by atoms with E-state index in [-0.39, 0.29) is 12.3 Å². The molecule has 0 aliphatic rings. The van der Waals surface area contributed by atoms with E-state index in [2.05, 4.69) is 14.5 Å². The molecule has 0 aliphatic heterocycles. The molecule has 0 N–H and O–H groups in total. The molecule has 0 unspecified atom stereocenters. The number of esters is 1. The van der Waals surface area contributed by atoms with Gasteiger partial charge in [0.05, 0.1) is 11.5 Å². The highest BCUT2D eigenvalue weighted by atomic mass is 19.4. The van der Waals surface area contributed by atoms with Crippen LogP contribution in [0.25, 0.3) is 0 Å². The minimum atomic E-state index is -5.19. The van der Waals surface area contributed by atoms with Crippen molar-refractivity contribution < 1.29 is 32.4 Å². The van der Waals surface area contributed by atoms with Crippen LogP contribution in [-0.2, 0) is 4.74 Å². The summed E-state index contributed by atoms with van der Waals surface area (Å²) in [6.45, 7) is 2.43. The van der Waals surface area contributed by atoms with Crippen LogP contribution in [0.3, 0.4) is 0 Å². The third-order valence-corrected chi connectivity index (χ3v) is 2.09. The van der Waals surface area contributed by atoms with Crippen LogP contribution in [0.2, 0.25) is 0 Å². The van der Waals surface area contributed by atoms with Crippen LogP contribution in [0, 0.1) is 17.0 Å². The first-order chi connectivity index (χ1) is 9.17. The maximum atomic E-state index is 12.3. The fourth-order valence-electron chi connectivity index (χ4n) is 1.36. The van der Waals surface area contributed by atoms with E-state index in [4.69, 9.17) is 0 Å². The number of hydrogen-bond donors (Lipinski definition) is 0. The molecule has 0 aliphatic carbocycles. The van der Waals surface area contributed by atoms with E-state index in [1.807, 2.05) is 0 Å². The summed E-state index contributed by atoms with van der Waals surface area (Å²) in [6.07, 6.45) is -4.46. The van der Waals surface area contributed by atoms with Gasteiger partial charge in [-0.15, -0.1) is 13.2 Å². The molecule has 0 saturated heterocycles.